The van der Waals surface area contributed by atoms with Crippen molar-refractivity contribution in [1.29, 1.82) is 0 Å². The number of aromatic nitrogens is 1. The molecule has 0 radical (unpaired) electrons. The molecular formula is C14H14N2O3S. The second kappa shape index (κ2) is 6.29. The van der Waals surface area contributed by atoms with Crippen molar-refractivity contribution in [1.82, 2.24) is 9.88 Å². The molecule has 0 spiro atoms. The highest BCUT2D eigenvalue weighted by molar-refractivity contribution is 7.09. The highest BCUT2D eigenvalue weighted by Gasteiger charge is 2.22. The molecule has 1 N–H and O–H groups in total. The van der Waals surface area contributed by atoms with Crippen LogP contribution in [0.2, 0.25) is 0 Å². The van der Waals surface area contributed by atoms with E-state index in [4.69, 9.17) is 5.11 Å². The van der Waals surface area contributed by atoms with E-state index in [-0.39, 0.29) is 17.2 Å². The van der Waals surface area contributed by atoms with E-state index in [0.29, 0.717) is 13.1 Å². The van der Waals surface area contributed by atoms with Gasteiger partial charge in [-0.2, -0.15) is 0 Å². The third-order valence-corrected chi connectivity index (χ3v) is 3.70. The summed E-state index contributed by atoms with van der Waals surface area (Å²) in [6, 6.07) is 6.76. The Morgan fingerprint density at radius 1 is 1.35 bits per heavy atom. The van der Waals surface area contributed by atoms with E-state index in [0.717, 1.165) is 4.88 Å². The molecule has 2 aromatic rings. The number of rotatable bonds is 5. The quantitative estimate of drug-likeness (QED) is 0.918. The molecule has 104 valence electrons. The minimum atomic E-state index is -1.14. The van der Waals surface area contributed by atoms with Crippen molar-refractivity contribution in [2.45, 2.75) is 13.5 Å². The molecule has 0 atom stereocenters. The van der Waals surface area contributed by atoms with Crippen LogP contribution < -0.4 is 0 Å². The van der Waals surface area contributed by atoms with E-state index >= 15 is 0 Å². The molecule has 0 saturated heterocycles. The Morgan fingerprint density at radius 2 is 2.15 bits per heavy atom. The van der Waals surface area contributed by atoms with Gasteiger partial charge in [-0.1, -0.05) is 6.07 Å². The maximum atomic E-state index is 12.4. The molecular weight excluding hydrogens is 276 g/mol. The zero-order valence-electron chi connectivity index (χ0n) is 10.9. The topological polar surface area (TPSA) is 70.5 Å². The summed E-state index contributed by atoms with van der Waals surface area (Å²) in [5, 5.41) is 11.1. The number of carbonyl (C=O) groups is 2. The number of hydrogen-bond donors (Lipinski definition) is 1. The molecule has 5 nitrogen and oxygen atoms in total. The average Bonchev–Trinajstić information content (AvgIpc) is 2.97. The SMILES string of the molecule is CCN(Cc1cccs1)C(=O)c1ncccc1C(=O)O. The van der Waals surface area contributed by atoms with Crippen molar-refractivity contribution in [3.8, 4) is 0 Å². The number of aromatic carboxylic acids is 1. The van der Waals surface area contributed by atoms with Gasteiger partial charge in [-0.3, -0.25) is 9.78 Å². The van der Waals surface area contributed by atoms with Crippen molar-refractivity contribution in [2.75, 3.05) is 6.54 Å². The Morgan fingerprint density at radius 3 is 2.75 bits per heavy atom. The molecule has 20 heavy (non-hydrogen) atoms. The minimum Gasteiger partial charge on any atom is -0.478 e. The number of pyridine rings is 1. The van der Waals surface area contributed by atoms with Gasteiger partial charge in [0.1, 0.15) is 5.69 Å². The molecule has 0 aliphatic rings. The Hall–Kier alpha value is -2.21. The molecule has 0 saturated carbocycles. The average molecular weight is 290 g/mol. The normalized spacial score (nSPS) is 10.2. The Labute approximate surface area is 120 Å². The van der Waals surface area contributed by atoms with Crippen molar-refractivity contribution in [3.05, 3.63) is 52.0 Å². The van der Waals surface area contributed by atoms with Crippen molar-refractivity contribution < 1.29 is 14.7 Å². The van der Waals surface area contributed by atoms with Crippen LogP contribution in [0.25, 0.3) is 0 Å². The number of nitrogens with zero attached hydrogens (tertiary/aromatic N) is 2. The molecule has 0 aromatic carbocycles. The van der Waals surface area contributed by atoms with Gasteiger partial charge in [0.2, 0.25) is 0 Å². The first-order valence-electron chi connectivity index (χ1n) is 6.13. The van der Waals surface area contributed by atoms with E-state index in [1.165, 1.54) is 18.3 Å². The maximum Gasteiger partial charge on any atom is 0.338 e. The maximum absolute atomic E-state index is 12.4. The molecule has 2 rings (SSSR count). The fourth-order valence-electron chi connectivity index (χ4n) is 1.82. The monoisotopic (exact) mass is 290 g/mol. The highest BCUT2D eigenvalue weighted by Crippen LogP contribution is 2.15. The van der Waals surface area contributed by atoms with Crippen LogP contribution in [0, 0.1) is 0 Å². The molecule has 0 aliphatic carbocycles. The Bertz CT molecular complexity index is 611. The summed E-state index contributed by atoms with van der Waals surface area (Å²) in [6.07, 6.45) is 1.43. The number of hydrogen-bond acceptors (Lipinski definition) is 4. The summed E-state index contributed by atoms with van der Waals surface area (Å²) in [5.74, 6) is -1.51. The number of carbonyl (C=O) groups excluding carboxylic acids is 1. The van der Waals surface area contributed by atoms with Crippen LogP contribution in [0.5, 0.6) is 0 Å². The van der Waals surface area contributed by atoms with Crippen LogP contribution >= 0.6 is 11.3 Å². The van der Waals surface area contributed by atoms with E-state index in [9.17, 15) is 9.59 Å². The van der Waals surface area contributed by atoms with E-state index in [1.807, 2.05) is 24.4 Å². The highest BCUT2D eigenvalue weighted by atomic mass is 32.1. The van der Waals surface area contributed by atoms with Gasteiger partial charge in [0.25, 0.3) is 5.91 Å². The van der Waals surface area contributed by atoms with Crippen LogP contribution in [0.15, 0.2) is 35.8 Å². The summed E-state index contributed by atoms with van der Waals surface area (Å²) in [4.78, 5) is 30.1. The Kier molecular flexibility index (Phi) is 4.47. The van der Waals surface area contributed by atoms with Gasteiger partial charge < -0.3 is 10.0 Å². The van der Waals surface area contributed by atoms with Gasteiger partial charge in [0.15, 0.2) is 0 Å². The predicted octanol–water partition coefficient (Wildman–Crippen LogP) is 2.50. The van der Waals surface area contributed by atoms with Crippen LogP contribution in [-0.2, 0) is 6.54 Å². The third kappa shape index (κ3) is 3.03. The summed E-state index contributed by atoms with van der Waals surface area (Å²) < 4.78 is 0. The van der Waals surface area contributed by atoms with E-state index in [2.05, 4.69) is 4.98 Å². The molecule has 1 amide bonds. The summed E-state index contributed by atoms with van der Waals surface area (Å²) in [6.45, 7) is 2.81. The zero-order chi connectivity index (χ0) is 14.5. The largest absolute Gasteiger partial charge is 0.478 e. The zero-order valence-corrected chi connectivity index (χ0v) is 11.8. The molecule has 6 heteroatoms. The fourth-order valence-corrected chi connectivity index (χ4v) is 2.54. The lowest BCUT2D eigenvalue weighted by Crippen LogP contribution is -2.32. The van der Waals surface area contributed by atoms with Crippen molar-refractivity contribution in [2.24, 2.45) is 0 Å². The van der Waals surface area contributed by atoms with Crippen molar-refractivity contribution >= 4 is 23.2 Å². The van der Waals surface area contributed by atoms with Crippen LogP contribution in [0.4, 0.5) is 0 Å². The van der Waals surface area contributed by atoms with E-state index in [1.54, 1.807) is 16.2 Å². The molecule has 0 fully saturated rings. The first-order chi connectivity index (χ1) is 9.63. The van der Waals surface area contributed by atoms with Gasteiger partial charge >= 0.3 is 5.97 Å². The van der Waals surface area contributed by atoms with Gasteiger partial charge in [-0.05, 0) is 30.5 Å². The standard InChI is InChI=1S/C14H14N2O3S/c1-2-16(9-10-5-4-8-20-10)13(17)12-11(14(18)19)6-3-7-15-12/h3-8H,2,9H2,1H3,(H,18,19). The number of carboxylic acids is 1. The summed E-state index contributed by atoms with van der Waals surface area (Å²) in [7, 11) is 0. The predicted molar refractivity (Wildman–Crippen MR) is 75.9 cm³/mol. The summed E-state index contributed by atoms with van der Waals surface area (Å²) >= 11 is 1.56. The van der Waals surface area contributed by atoms with Gasteiger partial charge in [-0.25, -0.2) is 4.79 Å². The second-order valence-electron chi connectivity index (χ2n) is 4.10. The lowest BCUT2D eigenvalue weighted by atomic mass is 10.1. The number of thiophene rings is 1. The first-order valence-corrected chi connectivity index (χ1v) is 7.01. The lowest BCUT2D eigenvalue weighted by Gasteiger charge is -2.20. The third-order valence-electron chi connectivity index (χ3n) is 2.84. The molecule has 0 unspecified atom stereocenters. The lowest BCUT2D eigenvalue weighted by molar-refractivity contribution is 0.0671. The van der Waals surface area contributed by atoms with Gasteiger partial charge in [0, 0.05) is 17.6 Å². The first kappa shape index (κ1) is 14.2. The van der Waals surface area contributed by atoms with Gasteiger partial charge in [-0.15, -0.1) is 11.3 Å². The van der Waals surface area contributed by atoms with Crippen LogP contribution in [-0.4, -0.2) is 33.4 Å². The van der Waals surface area contributed by atoms with Crippen LogP contribution in [0.1, 0.15) is 32.6 Å². The van der Waals surface area contributed by atoms with E-state index < -0.39 is 5.97 Å². The van der Waals surface area contributed by atoms with Gasteiger partial charge in [0.05, 0.1) is 12.1 Å². The molecule has 2 aromatic heterocycles. The molecule has 0 aliphatic heterocycles. The smallest absolute Gasteiger partial charge is 0.338 e. The molecule has 2 heterocycles. The van der Waals surface area contributed by atoms with Crippen LogP contribution in [0.3, 0.4) is 0 Å². The Balaban J connectivity index is 2.27. The fraction of sp³-hybridized carbons (Fsp3) is 0.214. The summed E-state index contributed by atoms with van der Waals surface area (Å²) in [5.41, 5.74) is -0.0828. The number of carboxylic acid groups (broad SMARTS) is 1. The minimum absolute atomic E-state index is 0.0154. The van der Waals surface area contributed by atoms with Crippen molar-refractivity contribution in [3.63, 3.8) is 0 Å². The molecule has 0 bridgehead atoms. The second-order valence-corrected chi connectivity index (χ2v) is 5.14. The number of amides is 1.